The van der Waals surface area contributed by atoms with Crippen LogP contribution in [0, 0.1) is 28.6 Å². The Balaban J connectivity index is 1.38. The van der Waals surface area contributed by atoms with Crippen molar-refractivity contribution < 1.29 is 19.7 Å². The molecule has 0 radical (unpaired) electrons. The normalized spacial score (nSPS) is 39.7. The van der Waals surface area contributed by atoms with Gasteiger partial charge in [0.25, 0.3) is 0 Å². The summed E-state index contributed by atoms with van der Waals surface area (Å²) in [5.74, 6) is 1.71. The van der Waals surface area contributed by atoms with Crippen molar-refractivity contribution in [3.63, 3.8) is 0 Å². The van der Waals surface area contributed by atoms with Gasteiger partial charge >= 0.3 is 0 Å². The van der Waals surface area contributed by atoms with E-state index >= 15 is 0 Å². The molecule has 1 saturated heterocycles. The molecule has 5 aliphatic rings. The number of aliphatic hydroxyl groups excluding tert-OH is 2. The molecule has 1 heterocycles. The van der Waals surface area contributed by atoms with E-state index in [2.05, 4.69) is 45.0 Å². The van der Waals surface area contributed by atoms with E-state index in [1.54, 1.807) is 11.1 Å². The van der Waals surface area contributed by atoms with Crippen molar-refractivity contribution in [2.24, 2.45) is 28.6 Å². The molecule has 6 rings (SSSR count). The van der Waals surface area contributed by atoms with Gasteiger partial charge in [0.2, 0.25) is 0 Å². The summed E-state index contributed by atoms with van der Waals surface area (Å²) in [5.41, 5.74) is 6.11. The molecular formula is C31H44O4. The fraction of sp³-hybridized carbons (Fsp3) is 0.742. The van der Waals surface area contributed by atoms with Crippen molar-refractivity contribution in [2.45, 2.75) is 96.4 Å². The van der Waals surface area contributed by atoms with Crippen LogP contribution in [-0.4, -0.2) is 41.9 Å². The second kappa shape index (κ2) is 8.68. The summed E-state index contributed by atoms with van der Waals surface area (Å²) in [6.07, 6.45) is 9.14. The predicted octanol–water partition coefficient (Wildman–Crippen LogP) is 5.76. The fourth-order valence-corrected chi connectivity index (χ4v) is 8.59. The highest BCUT2D eigenvalue weighted by Crippen LogP contribution is 2.65. The van der Waals surface area contributed by atoms with Crippen molar-refractivity contribution in [3.8, 4) is 0 Å². The highest BCUT2D eigenvalue weighted by Gasteiger charge is 2.57. The summed E-state index contributed by atoms with van der Waals surface area (Å²) in [5, 5.41) is 20.7. The SMILES string of the molecule is CC1(C)COC2(CCC3=C4C(c5cccc(CCO)c5)CC5(C)C(O)CCC5C4CCC3C2)OC1. The van der Waals surface area contributed by atoms with Gasteiger partial charge in [0.1, 0.15) is 0 Å². The topological polar surface area (TPSA) is 58.9 Å². The molecule has 3 saturated carbocycles. The Labute approximate surface area is 211 Å². The Morgan fingerprint density at radius 3 is 2.57 bits per heavy atom. The third-order valence-corrected chi connectivity index (χ3v) is 10.5. The van der Waals surface area contributed by atoms with Crippen molar-refractivity contribution in [2.75, 3.05) is 19.8 Å². The first-order chi connectivity index (χ1) is 16.7. The highest BCUT2D eigenvalue weighted by molar-refractivity contribution is 5.41. The average molecular weight is 481 g/mol. The van der Waals surface area contributed by atoms with Crippen LogP contribution < -0.4 is 0 Å². The lowest BCUT2D eigenvalue weighted by Crippen LogP contribution is -2.52. The second-order valence-corrected chi connectivity index (χ2v) is 13.4. The minimum absolute atomic E-state index is 0.00369. The maximum absolute atomic E-state index is 11.1. The number of benzene rings is 1. The number of rotatable bonds is 3. The highest BCUT2D eigenvalue weighted by atomic mass is 16.7. The van der Waals surface area contributed by atoms with Gasteiger partial charge in [0.15, 0.2) is 5.79 Å². The van der Waals surface area contributed by atoms with Gasteiger partial charge in [-0.2, -0.15) is 0 Å². The van der Waals surface area contributed by atoms with Crippen molar-refractivity contribution in [1.82, 2.24) is 0 Å². The van der Waals surface area contributed by atoms with E-state index in [1.807, 2.05) is 0 Å². The van der Waals surface area contributed by atoms with Crippen molar-refractivity contribution in [3.05, 3.63) is 46.5 Å². The van der Waals surface area contributed by atoms with Crippen LogP contribution in [0.3, 0.4) is 0 Å². The van der Waals surface area contributed by atoms with Crippen LogP contribution in [0.25, 0.3) is 0 Å². The molecule has 0 aromatic heterocycles. The van der Waals surface area contributed by atoms with Gasteiger partial charge in [-0.05, 0) is 79.2 Å². The zero-order chi connectivity index (χ0) is 24.4. The number of hydrogen-bond acceptors (Lipinski definition) is 4. The zero-order valence-electron chi connectivity index (χ0n) is 21.9. The summed E-state index contributed by atoms with van der Waals surface area (Å²) in [4.78, 5) is 0. The monoisotopic (exact) mass is 480 g/mol. The van der Waals surface area contributed by atoms with Crippen molar-refractivity contribution >= 4 is 0 Å². The maximum atomic E-state index is 11.1. The quantitative estimate of drug-likeness (QED) is 0.540. The first-order valence-electron chi connectivity index (χ1n) is 14.1. The first-order valence-corrected chi connectivity index (χ1v) is 14.1. The summed E-state index contributed by atoms with van der Waals surface area (Å²) >= 11 is 0. The molecule has 1 aromatic carbocycles. The fourth-order valence-electron chi connectivity index (χ4n) is 8.59. The number of fused-ring (bicyclic) bond motifs is 4. The molecule has 1 aromatic rings. The zero-order valence-corrected chi connectivity index (χ0v) is 21.9. The molecule has 0 bridgehead atoms. The molecule has 4 nitrogen and oxygen atoms in total. The van der Waals surface area contributed by atoms with Crippen LogP contribution in [-0.2, 0) is 15.9 Å². The van der Waals surface area contributed by atoms with Crippen LogP contribution >= 0.6 is 0 Å². The number of ether oxygens (including phenoxy) is 2. The smallest absolute Gasteiger partial charge is 0.169 e. The van der Waals surface area contributed by atoms with E-state index in [9.17, 15) is 10.2 Å². The Kier molecular flexibility index (Phi) is 5.99. The molecule has 4 fully saturated rings. The van der Waals surface area contributed by atoms with E-state index in [-0.39, 0.29) is 29.3 Å². The molecule has 4 aliphatic carbocycles. The standard InChI is InChI=1S/C31H44O4/c1-29(2)18-34-31(35-19-29)13-11-23-22(16-31)7-8-24-26-9-10-27(33)30(26,3)17-25(28(23)24)21-6-4-5-20(15-21)12-14-32/h4-6,15,22,24-27,32-33H,7-14,16-19H2,1-3H3. The third-order valence-electron chi connectivity index (χ3n) is 10.5. The molecule has 1 aliphatic heterocycles. The number of aliphatic hydroxyl groups is 2. The summed E-state index contributed by atoms with van der Waals surface area (Å²) in [7, 11) is 0. The Morgan fingerprint density at radius 1 is 1.00 bits per heavy atom. The van der Waals surface area contributed by atoms with Crippen LogP contribution in [0.1, 0.15) is 89.2 Å². The Hall–Kier alpha value is -1.20. The molecule has 35 heavy (non-hydrogen) atoms. The summed E-state index contributed by atoms with van der Waals surface area (Å²) in [6, 6.07) is 8.94. The number of hydrogen-bond donors (Lipinski definition) is 2. The predicted molar refractivity (Wildman–Crippen MR) is 137 cm³/mol. The van der Waals surface area contributed by atoms with Gasteiger partial charge in [-0.3, -0.25) is 0 Å². The minimum atomic E-state index is -0.389. The van der Waals surface area contributed by atoms with Gasteiger partial charge in [0.05, 0.1) is 19.3 Å². The molecule has 1 spiro atoms. The molecular weight excluding hydrogens is 436 g/mol. The average Bonchev–Trinajstić information content (AvgIpc) is 3.15. The second-order valence-electron chi connectivity index (χ2n) is 13.4. The molecule has 192 valence electrons. The van der Waals surface area contributed by atoms with Crippen LogP contribution in [0.5, 0.6) is 0 Å². The lowest BCUT2D eigenvalue weighted by molar-refractivity contribution is -0.312. The summed E-state index contributed by atoms with van der Waals surface area (Å²) in [6.45, 7) is 8.58. The van der Waals surface area contributed by atoms with Crippen molar-refractivity contribution in [1.29, 1.82) is 0 Å². The Bertz CT molecular complexity index is 985. The third kappa shape index (κ3) is 4.04. The summed E-state index contributed by atoms with van der Waals surface area (Å²) < 4.78 is 12.9. The van der Waals surface area contributed by atoms with E-state index in [4.69, 9.17) is 9.47 Å². The Morgan fingerprint density at radius 2 is 1.80 bits per heavy atom. The molecule has 6 unspecified atom stereocenters. The van der Waals surface area contributed by atoms with Gasteiger partial charge in [-0.25, -0.2) is 0 Å². The van der Waals surface area contributed by atoms with Crippen LogP contribution in [0.2, 0.25) is 0 Å². The minimum Gasteiger partial charge on any atom is -0.396 e. The lowest BCUT2D eigenvalue weighted by atomic mass is 9.52. The van der Waals surface area contributed by atoms with Gasteiger partial charge < -0.3 is 19.7 Å². The van der Waals surface area contributed by atoms with E-state index < -0.39 is 0 Å². The van der Waals surface area contributed by atoms with E-state index in [0.717, 1.165) is 51.7 Å². The molecule has 6 atom stereocenters. The molecule has 2 N–H and O–H groups in total. The van der Waals surface area contributed by atoms with Crippen LogP contribution in [0.4, 0.5) is 0 Å². The maximum Gasteiger partial charge on any atom is 0.169 e. The van der Waals surface area contributed by atoms with Gasteiger partial charge in [-0.15, -0.1) is 0 Å². The molecule has 0 amide bonds. The first kappa shape index (κ1) is 24.2. The van der Waals surface area contributed by atoms with Gasteiger partial charge in [0, 0.05) is 30.8 Å². The largest absolute Gasteiger partial charge is 0.396 e. The molecule has 4 heteroatoms. The van der Waals surface area contributed by atoms with Crippen LogP contribution in [0.15, 0.2) is 35.4 Å². The van der Waals surface area contributed by atoms with E-state index in [0.29, 0.717) is 30.1 Å². The number of allylic oxidation sites excluding steroid dienone is 2. The lowest BCUT2D eigenvalue weighted by Gasteiger charge is -2.55. The van der Waals surface area contributed by atoms with Gasteiger partial charge in [-0.1, -0.05) is 56.2 Å². The van der Waals surface area contributed by atoms with E-state index in [1.165, 1.54) is 24.0 Å².